The summed E-state index contributed by atoms with van der Waals surface area (Å²) >= 11 is 3.44. The van der Waals surface area contributed by atoms with E-state index in [4.69, 9.17) is 0 Å². The maximum absolute atomic E-state index is 13.3. The van der Waals surface area contributed by atoms with E-state index < -0.39 is 6.04 Å². The van der Waals surface area contributed by atoms with Crippen molar-refractivity contribution in [3.63, 3.8) is 0 Å². The van der Waals surface area contributed by atoms with Gasteiger partial charge in [0.25, 0.3) is 11.5 Å². The van der Waals surface area contributed by atoms with Crippen molar-refractivity contribution in [1.29, 1.82) is 0 Å². The molecule has 4 aliphatic heterocycles. The standard InChI is InChI=1S/C35H41BrN8O4/c1-40-19-24(16-25(20-40)38-28-17-37-41(2)35(48)32(28)36)23-8-6-22(7-9-23)18-42-12-14-43(15-13-42)29-5-3-4-26-27(29)21-44(34(26)47)30-10-11-31(45)39-33(30)46/h3-9,17,24-25,30,38H,10-16,18-21H2,1-2H3,(H,39,45,46). The maximum atomic E-state index is 13.3. The van der Waals surface area contributed by atoms with Gasteiger partial charge < -0.3 is 20.0 Å². The third kappa shape index (κ3) is 6.50. The van der Waals surface area contributed by atoms with Crippen LogP contribution >= 0.6 is 15.9 Å². The molecule has 0 radical (unpaired) electrons. The quantitative estimate of drug-likeness (QED) is 0.355. The van der Waals surface area contributed by atoms with Crippen LogP contribution in [-0.2, 0) is 29.7 Å². The van der Waals surface area contributed by atoms with E-state index in [1.165, 1.54) is 15.8 Å². The van der Waals surface area contributed by atoms with Gasteiger partial charge >= 0.3 is 0 Å². The number of carbonyl (C=O) groups excluding carboxylic acids is 3. The summed E-state index contributed by atoms with van der Waals surface area (Å²) in [5.41, 5.74) is 5.86. The highest BCUT2D eigenvalue weighted by atomic mass is 79.9. The Labute approximate surface area is 288 Å². The third-order valence-electron chi connectivity index (χ3n) is 10.2. The minimum atomic E-state index is -0.609. The predicted molar refractivity (Wildman–Crippen MR) is 186 cm³/mol. The molecule has 3 amide bonds. The zero-order chi connectivity index (χ0) is 33.5. The van der Waals surface area contributed by atoms with Crippen molar-refractivity contribution in [2.24, 2.45) is 7.05 Å². The van der Waals surface area contributed by atoms with Gasteiger partial charge in [0.2, 0.25) is 11.8 Å². The fraction of sp³-hybridized carbons (Fsp3) is 0.457. The molecule has 0 saturated carbocycles. The van der Waals surface area contributed by atoms with E-state index in [0.29, 0.717) is 28.9 Å². The molecule has 0 bridgehead atoms. The topological polar surface area (TPSA) is 123 Å². The molecular weight excluding hydrogens is 676 g/mol. The predicted octanol–water partition coefficient (Wildman–Crippen LogP) is 2.53. The molecule has 48 heavy (non-hydrogen) atoms. The summed E-state index contributed by atoms with van der Waals surface area (Å²) in [6, 6.07) is 14.5. The Morgan fingerprint density at radius 3 is 2.50 bits per heavy atom. The second-order valence-corrected chi connectivity index (χ2v) is 14.3. The summed E-state index contributed by atoms with van der Waals surface area (Å²) < 4.78 is 1.83. The van der Waals surface area contributed by atoms with Crippen LogP contribution in [0, 0.1) is 0 Å². The van der Waals surface area contributed by atoms with Gasteiger partial charge in [0.1, 0.15) is 10.5 Å². The fourth-order valence-electron chi connectivity index (χ4n) is 7.66. The van der Waals surface area contributed by atoms with Gasteiger partial charge in [0.05, 0.1) is 11.9 Å². The number of likely N-dealkylation sites (tertiary alicyclic amines) is 1. The summed E-state index contributed by atoms with van der Waals surface area (Å²) in [4.78, 5) is 58.6. The number of amides is 3. The average Bonchev–Trinajstić information content (AvgIpc) is 3.41. The average molecular weight is 718 g/mol. The normalized spacial score (nSPS) is 23.7. The Kier molecular flexibility index (Phi) is 9.10. The number of halogens is 1. The molecule has 2 N–H and O–H groups in total. The number of benzene rings is 2. The Bertz CT molecular complexity index is 1790. The molecule has 12 nitrogen and oxygen atoms in total. The van der Waals surface area contributed by atoms with Gasteiger partial charge in [-0.05, 0) is 65.0 Å². The Balaban J connectivity index is 0.944. The van der Waals surface area contributed by atoms with Crippen LogP contribution in [0.25, 0.3) is 0 Å². The number of fused-ring (bicyclic) bond motifs is 1. The van der Waals surface area contributed by atoms with Crippen LogP contribution in [0.15, 0.2) is 57.9 Å². The highest BCUT2D eigenvalue weighted by Gasteiger charge is 2.40. The number of likely N-dealkylation sites (N-methyl/N-ethyl adjacent to an activating group) is 1. The number of rotatable bonds is 7. The lowest BCUT2D eigenvalue weighted by Gasteiger charge is -2.37. The number of hydrogen-bond donors (Lipinski definition) is 2. The van der Waals surface area contributed by atoms with Crippen LogP contribution in [0.3, 0.4) is 0 Å². The first kappa shape index (κ1) is 32.5. The minimum absolute atomic E-state index is 0.135. The van der Waals surface area contributed by atoms with E-state index in [0.717, 1.165) is 69.2 Å². The maximum Gasteiger partial charge on any atom is 0.282 e. The van der Waals surface area contributed by atoms with Gasteiger partial charge in [-0.2, -0.15) is 5.10 Å². The Morgan fingerprint density at radius 1 is 0.979 bits per heavy atom. The van der Waals surface area contributed by atoms with E-state index in [9.17, 15) is 19.2 Å². The van der Waals surface area contributed by atoms with E-state index in [2.05, 4.69) is 83.7 Å². The van der Waals surface area contributed by atoms with Crippen molar-refractivity contribution >= 4 is 45.0 Å². The number of aromatic nitrogens is 2. The van der Waals surface area contributed by atoms with Gasteiger partial charge in [-0.1, -0.05) is 30.3 Å². The van der Waals surface area contributed by atoms with Gasteiger partial charge in [-0.3, -0.25) is 29.4 Å². The summed E-state index contributed by atoms with van der Waals surface area (Å²) in [7, 11) is 3.79. The molecule has 3 atom stereocenters. The van der Waals surface area contributed by atoms with Gasteiger partial charge in [0, 0.05) is 88.7 Å². The van der Waals surface area contributed by atoms with E-state index in [1.54, 1.807) is 18.1 Å². The number of imide groups is 1. The van der Waals surface area contributed by atoms with Crippen molar-refractivity contribution < 1.29 is 14.4 Å². The Morgan fingerprint density at radius 2 is 1.75 bits per heavy atom. The first-order valence-corrected chi connectivity index (χ1v) is 17.4. The number of carbonyl (C=O) groups is 3. The van der Waals surface area contributed by atoms with Crippen LogP contribution < -0.4 is 21.1 Å². The van der Waals surface area contributed by atoms with E-state index in [1.807, 2.05) is 12.1 Å². The molecule has 5 heterocycles. The molecule has 252 valence electrons. The monoisotopic (exact) mass is 716 g/mol. The van der Waals surface area contributed by atoms with Crippen molar-refractivity contribution in [3.05, 3.63) is 85.7 Å². The summed E-state index contributed by atoms with van der Waals surface area (Å²) in [6.07, 6.45) is 3.28. The lowest BCUT2D eigenvalue weighted by atomic mass is 9.87. The second kappa shape index (κ2) is 13.4. The van der Waals surface area contributed by atoms with Gasteiger partial charge in [-0.15, -0.1) is 0 Å². The molecule has 1 aromatic heterocycles. The Hall–Kier alpha value is -4.07. The first-order valence-electron chi connectivity index (χ1n) is 16.6. The molecule has 7 rings (SSSR count). The summed E-state index contributed by atoms with van der Waals surface area (Å²) in [5.74, 6) is -0.419. The second-order valence-electron chi connectivity index (χ2n) is 13.5. The van der Waals surface area contributed by atoms with Crippen LogP contribution in [0.2, 0.25) is 0 Å². The largest absolute Gasteiger partial charge is 0.379 e. The number of piperidine rings is 2. The van der Waals surface area contributed by atoms with E-state index in [-0.39, 0.29) is 35.7 Å². The van der Waals surface area contributed by atoms with Crippen molar-refractivity contribution in [3.8, 4) is 0 Å². The van der Waals surface area contributed by atoms with Crippen molar-refractivity contribution in [1.82, 2.24) is 29.8 Å². The molecule has 2 aromatic carbocycles. The van der Waals surface area contributed by atoms with Crippen molar-refractivity contribution in [2.45, 2.75) is 50.4 Å². The van der Waals surface area contributed by atoms with Crippen LogP contribution in [0.1, 0.15) is 52.2 Å². The van der Waals surface area contributed by atoms with Gasteiger partial charge in [0.15, 0.2) is 0 Å². The molecule has 3 unspecified atom stereocenters. The molecule has 13 heteroatoms. The summed E-state index contributed by atoms with van der Waals surface area (Å²) in [5, 5.41) is 10.1. The first-order chi connectivity index (χ1) is 23.1. The highest BCUT2D eigenvalue weighted by Crippen LogP contribution is 2.35. The summed E-state index contributed by atoms with van der Waals surface area (Å²) in [6.45, 7) is 6.65. The van der Waals surface area contributed by atoms with Crippen LogP contribution in [0.4, 0.5) is 11.4 Å². The van der Waals surface area contributed by atoms with Crippen molar-refractivity contribution in [2.75, 3.05) is 56.5 Å². The lowest BCUT2D eigenvalue weighted by Crippen LogP contribution is -2.52. The zero-order valence-corrected chi connectivity index (χ0v) is 28.9. The minimum Gasteiger partial charge on any atom is -0.379 e. The molecule has 0 spiro atoms. The number of nitrogens with one attached hydrogen (secondary N) is 2. The zero-order valence-electron chi connectivity index (χ0n) is 27.3. The molecule has 3 fully saturated rings. The molecule has 4 aliphatic rings. The SMILES string of the molecule is CN1CC(Nc2cnn(C)c(=O)c2Br)CC(c2ccc(CN3CCN(c4cccc5c4CN(C4CCC(=O)NC4=O)C5=O)CC3)cc2)C1. The number of anilines is 2. The fourth-order valence-corrected chi connectivity index (χ4v) is 8.14. The third-order valence-corrected chi connectivity index (χ3v) is 11.0. The van der Waals surface area contributed by atoms with Crippen LogP contribution in [-0.4, -0.2) is 101 Å². The van der Waals surface area contributed by atoms with E-state index >= 15 is 0 Å². The molecular formula is C35H41BrN8O4. The number of hydrogen-bond acceptors (Lipinski definition) is 9. The molecule has 3 aromatic rings. The van der Waals surface area contributed by atoms with Crippen LogP contribution in [0.5, 0.6) is 0 Å². The smallest absolute Gasteiger partial charge is 0.282 e. The lowest BCUT2D eigenvalue weighted by molar-refractivity contribution is -0.136. The highest BCUT2D eigenvalue weighted by molar-refractivity contribution is 9.10. The number of piperazine rings is 1. The molecule has 0 aliphatic carbocycles. The number of nitrogens with zero attached hydrogens (tertiary/aromatic N) is 6. The van der Waals surface area contributed by atoms with Gasteiger partial charge in [-0.25, -0.2) is 4.68 Å². The number of aryl methyl sites for hydroxylation is 1. The molecule has 3 saturated heterocycles.